The van der Waals surface area contributed by atoms with E-state index in [-0.39, 0.29) is 19.4 Å². The molecule has 0 aromatic carbocycles. The highest BCUT2D eigenvalue weighted by molar-refractivity contribution is 5.76. The van der Waals surface area contributed by atoms with E-state index in [2.05, 4.69) is 21.6 Å². The molecule has 0 heterocycles. The van der Waals surface area contributed by atoms with Crippen LogP contribution in [0.5, 0.6) is 0 Å². The minimum Gasteiger partial charge on any atom is -0.417 e. The first-order valence-electron chi connectivity index (χ1n) is 2.93. The van der Waals surface area contributed by atoms with Crippen LogP contribution in [-0.4, -0.2) is 19.0 Å². The lowest BCUT2D eigenvalue weighted by molar-refractivity contribution is -0.151. The Labute approximate surface area is 63.9 Å². The molecule has 5 heteroatoms. The van der Waals surface area contributed by atoms with Crippen molar-refractivity contribution >= 4 is 12.4 Å². The Morgan fingerprint density at radius 2 is 2.36 bits per heavy atom. The van der Waals surface area contributed by atoms with Gasteiger partial charge in [0, 0.05) is 6.54 Å². The van der Waals surface area contributed by atoms with Gasteiger partial charge in [-0.25, -0.2) is 0 Å². The molecule has 0 radical (unpaired) electrons. The summed E-state index contributed by atoms with van der Waals surface area (Å²) in [5.74, 6) is -0.597. The van der Waals surface area contributed by atoms with E-state index in [0.29, 0.717) is 0 Å². The second kappa shape index (κ2) is 6.76. The van der Waals surface area contributed by atoms with Crippen LogP contribution in [0.4, 0.5) is 0 Å². The summed E-state index contributed by atoms with van der Waals surface area (Å²) in [5.41, 5.74) is 2.39. The van der Waals surface area contributed by atoms with Crippen molar-refractivity contribution in [1.29, 1.82) is 0 Å². The fraction of sp³-hybridized carbons (Fsp3) is 0.333. The fourth-order valence-corrected chi connectivity index (χ4v) is 0.384. The summed E-state index contributed by atoms with van der Waals surface area (Å²) >= 11 is 0. The summed E-state index contributed by atoms with van der Waals surface area (Å²) in [7, 11) is 0. The van der Waals surface area contributed by atoms with Crippen LogP contribution >= 0.6 is 0 Å². The summed E-state index contributed by atoms with van der Waals surface area (Å²) in [6, 6.07) is 0. The van der Waals surface area contributed by atoms with Crippen molar-refractivity contribution in [3.05, 3.63) is 12.8 Å². The van der Waals surface area contributed by atoms with Crippen molar-refractivity contribution in [3.8, 4) is 0 Å². The zero-order valence-corrected chi connectivity index (χ0v) is 5.91. The Kier molecular flexibility index (Phi) is 5.92. The largest absolute Gasteiger partial charge is 0.417 e. The number of hydrogen-bond acceptors (Lipinski definition) is 5. The van der Waals surface area contributed by atoms with E-state index in [4.69, 9.17) is 0 Å². The van der Waals surface area contributed by atoms with Gasteiger partial charge in [0.05, 0.1) is 6.42 Å². The fourth-order valence-electron chi connectivity index (χ4n) is 0.384. The second-order valence-electron chi connectivity index (χ2n) is 1.51. The molecule has 0 rings (SSSR count). The van der Waals surface area contributed by atoms with E-state index in [1.807, 2.05) is 0 Å². The smallest absolute Gasteiger partial charge is 0.314 e. The molecule has 0 aliphatic rings. The molecule has 0 aromatic heterocycles. The topological polar surface area (TPSA) is 64.6 Å². The average Bonchev–Trinajstić information content (AvgIpc) is 1.99. The maximum Gasteiger partial charge on any atom is 0.314 e. The van der Waals surface area contributed by atoms with Crippen molar-refractivity contribution in [2.24, 2.45) is 0 Å². The van der Waals surface area contributed by atoms with Crippen LogP contribution in [0.1, 0.15) is 6.42 Å². The summed E-state index contributed by atoms with van der Waals surface area (Å²) in [6.45, 7) is 3.63. The van der Waals surface area contributed by atoms with Gasteiger partial charge in [0.2, 0.25) is 0 Å². The second-order valence-corrected chi connectivity index (χ2v) is 1.51. The molecule has 0 spiro atoms. The summed E-state index contributed by atoms with van der Waals surface area (Å²) in [5, 5.41) is 0. The molecular formula is C6H9NO4. The first-order valence-corrected chi connectivity index (χ1v) is 2.93. The van der Waals surface area contributed by atoms with Crippen molar-refractivity contribution < 1.29 is 19.2 Å². The monoisotopic (exact) mass is 159 g/mol. The Morgan fingerprint density at radius 3 is 2.91 bits per heavy atom. The summed E-state index contributed by atoms with van der Waals surface area (Å²) < 4.78 is 3.98. The Morgan fingerprint density at radius 1 is 1.64 bits per heavy atom. The molecule has 11 heavy (non-hydrogen) atoms. The van der Waals surface area contributed by atoms with Crippen molar-refractivity contribution in [2.75, 3.05) is 6.54 Å². The Balaban J connectivity index is 3.16. The number of carbonyl (C=O) groups is 2. The van der Waals surface area contributed by atoms with Crippen LogP contribution in [0.15, 0.2) is 12.8 Å². The first kappa shape index (κ1) is 9.64. The van der Waals surface area contributed by atoms with Gasteiger partial charge >= 0.3 is 12.4 Å². The van der Waals surface area contributed by atoms with Crippen molar-refractivity contribution in [1.82, 2.24) is 5.48 Å². The van der Waals surface area contributed by atoms with Crippen molar-refractivity contribution in [3.63, 3.8) is 0 Å². The van der Waals surface area contributed by atoms with Crippen LogP contribution in [0.25, 0.3) is 0 Å². The lowest BCUT2D eigenvalue weighted by Crippen LogP contribution is -2.17. The lowest BCUT2D eigenvalue weighted by Gasteiger charge is -1.99. The highest BCUT2D eigenvalue weighted by atomic mass is 16.6. The molecule has 1 N–H and O–H groups in total. The molecule has 0 aromatic rings. The third-order valence-electron chi connectivity index (χ3n) is 0.777. The van der Waals surface area contributed by atoms with Gasteiger partial charge in [0.25, 0.3) is 0 Å². The van der Waals surface area contributed by atoms with Gasteiger partial charge < -0.3 is 9.57 Å². The highest BCUT2D eigenvalue weighted by Gasteiger charge is 1.99. The molecule has 0 atom stereocenters. The predicted molar refractivity (Wildman–Crippen MR) is 36.1 cm³/mol. The minimum absolute atomic E-state index is 0.0760. The predicted octanol–water partition coefficient (Wildman–Crippen LogP) is -0.259. The van der Waals surface area contributed by atoms with Crippen molar-refractivity contribution in [2.45, 2.75) is 6.42 Å². The number of esters is 1. The first-order chi connectivity index (χ1) is 5.31. The summed E-state index contributed by atoms with van der Waals surface area (Å²) in [4.78, 5) is 24.5. The zero-order valence-electron chi connectivity index (χ0n) is 5.91. The normalized spacial score (nSPS) is 8.36. The maximum atomic E-state index is 10.4. The third kappa shape index (κ3) is 6.53. The van der Waals surface area contributed by atoms with E-state index in [1.54, 1.807) is 0 Å². The van der Waals surface area contributed by atoms with E-state index in [9.17, 15) is 9.59 Å². The molecule has 62 valence electrons. The highest BCUT2D eigenvalue weighted by Crippen LogP contribution is 1.81. The van der Waals surface area contributed by atoms with E-state index in [1.165, 1.54) is 6.26 Å². The third-order valence-corrected chi connectivity index (χ3v) is 0.777. The van der Waals surface area contributed by atoms with Crippen LogP contribution in [0.3, 0.4) is 0 Å². The number of ether oxygens (including phenoxy) is 1. The molecule has 0 saturated heterocycles. The Hall–Kier alpha value is -1.36. The van der Waals surface area contributed by atoms with Gasteiger partial charge in [-0.2, -0.15) is 5.48 Å². The number of hydroxylamine groups is 1. The summed E-state index contributed by atoms with van der Waals surface area (Å²) in [6.07, 6.45) is 1.26. The molecule has 0 aliphatic heterocycles. The molecular weight excluding hydrogens is 150 g/mol. The van der Waals surface area contributed by atoms with Gasteiger partial charge in [-0.1, -0.05) is 6.58 Å². The van der Waals surface area contributed by atoms with E-state index in [0.717, 1.165) is 0 Å². The molecule has 0 bridgehead atoms. The Bertz CT molecular complexity index is 146. The quantitative estimate of drug-likeness (QED) is 0.144. The van der Waals surface area contributed by atoms with E-state index >= 15 is 0 Å². The molecule has 0 fully saturated rings. The van der Waals surface area contributed by atoms with Crippen LogP contribution in [0.2, 0.25) is 0 Å². The van der Waals surface area contributed by atoms with Gasteiger partial charge in [-0.05, 0) is 0 Å². The van der Waals surface area contributed by atoms with E-state index < -0.39 is 5.97 Å². The van der Waals surface area contributed by atoms with Crippen LogP contribution in [-0.2, 0) is 19.2 Å². The number of nitrogens with one attached hydrogen (secondary N) is 1. The number of rotatable bonds is 6. The van der Waals surface area contributed by atoms with Gasteiger partial charge in [-0.15, -0.1) is 0 Å². The molecule has 0 unspecified atom stereocenters. The average molecular weight is 159 g/mol. The van der Waals surface area contributed by atoms with Gasteiger partial charge in [-0.3, -0.25) is 9.59 Å². The lowest BCUT2D eigenvalue weighted by atomic mass is 10.4. The SMILES string of the molecule is C=CONCCC(=O)OC=O. The molecule has 0 saturated carbocycles. The minimum atomic E-state index is -0.597. The molecule has 0 amide bonds. The van der Waals surface area contributed by atoms with Crippen LogP contribution < -0.4 is 5.48 Å². The van der Waals surface area contributed by atoms with Crippen LogP contribution in [0, 0.1) is 0 Å². The number of carbonyl (C=O) groups excluding carboxylic acids is 2. The van der Waals surface area contributed by atoms with Gasteiger partial charge in [0.1, 0.15) is 6.26 Å². The number of hydrogen-bond donors (Lipinski definition) is 1. The van der Waals surface area contributed by atoms with Gasteiger partial charge in [0.15, 0.2) is 0 Å². The molecule has 0 aliphatic carbocycles. The zero-order chi connectivity index (χ0) is 8.53. The molecule has 5 nitrogen and oxygen atoms in total. The maximum absolute atomic E-state index is 10.4. The standard InChI is InChI=1S/C6H9NO4/c1-2-11-7-4-3-6(9)10-5-8/h2,5,7H,1,3-4H2.